The Balaban J connectivity index is 1.95. The Labute approximate surface area is 138 Å². The zero-order chi connectivity index (χ0) is 17.2. The first-order valence-electron chi connectivity index (χ1n) is 8.66. The van der Waals surface area contributed by atoms with Crippen molar-refractivity contribution < 1.29 is 14.4 Å². The summed E-state index contributed by atoms with van der Waals surface area (Å²) in [5, 5.41) is 5.73. The van der Waals surface area contributed by atoms with Gasteiger partial charge in [0.1, 0.15) is 12.1 Å². The van der Waals surface area contributed by atoms with Crippen LogP contribution in [0.3, 0.4) is 0 Å². The highest BCUT2D eigenvalue weighted by Crippen LogP contribution is 2.26. The molecule has 1 aliphatic heterocycles. The molecule has 0 spiro atoms. The van der Waals surface area contributed by atoms with Crippen molar-refractivity contribution in [1.29, 1.82) is 0 Å². The Kier molecular flexibility index (Phi) is 5.32. The van der Waals surface area contributed by atoms with Crippen LogP contribution in [0.2, 0.25) is 0 Å². The summed E-state index contributed by atoms with van der Waals surface area (Å²) in [5.74, 6) is 0.173. The number of hydrogen-bond donors (Lipinski definition) is 2. The van der Waals surface area contributed by atoms with E-state index in [0.717, 1.165) is 24.2 Å². The minimum atomic E-state index is -0.899. The lowest BCUT2D eigenvalue weighted by molar-refractivity contribution is -0.135. The third kappa shape index (κ3) is 4.03. The Morgan fingerprint density at radius 1 is 1.35 bits per heavy atom. The normalized spacial score (nSPS) is 31.4. The molecule has 1 saturated carbocycles. The van der Waals surface area contributed by atoms with E-state index < -0.39 is 11.6 Å². The lowest BCUT2D eigenvalue weighted by Crippen LogP contribution is -2.48. The number of nitrogens with zero attached hydrogens (tertiary/aromatic N) is 1. The standard InChI is InChI=1S/C17H29N3O3/c1-11(2)9-17(4)15(22)20(16(23)19-17)10-14(21)18-13-8-6-5-7-12(13)3/h11-13H,5-10H2,1-4H3,(H,18,21)(H,19,23). The fourth-order valence-corrected chi connectivity index (χ4v) is 3.77. The van der Waals surface area contributed by atoms with Crippen LogP contribution in [0.1, 0.15) is 59.8 Å². The van der Waals surface area contributed by atoms with Gasteiger partial charge in [0.15, 0.2) is 0 Å². The van der Waals surface area contributed by atoms with E-state index in [1.165, 1.54) is 6.42 Å². The molecule has 6 heteroatoms. The quantitative estimate of drug-likeness (QED) is 0.760. The van der Waals surface area contributed by atoms with Crippen molar-refractivity contribution >= 4 is 17.8 Å². The van der Waals surface area contributed by atoms with Gasteiger partial charge < -0.3 is 10.6 Å². The molecule has 0 aromatic heterocycles. The predicted molar refractivity (Wildman–Crippen MR) is 87.7 cm³/mol. The zero-order valence-corrected chi connectivity index (χ0v) is 14.6. The lowest BCUT2D eigenvalue weighted by Gasteiger charge is -2.30. The highest BCUT2D eigenvalue weighted by atomic mass is 16.2. The maximum atomic E-state index is 12.5. The molecule has 2 aliphatic rings. The van der Waals surface area contributed by atoms with E-state index in [-0.39, 0.29) is 30.3 Å². The van der Waals surface area contributed by atoms with Crippen LogP contribution >= 0.6 is 0 Å². The largest absolute Gasteiger partial charge is 0.352 e. The molecule has 130 valence electrons. The first-order chi connectivity index (χ1) is 10.7. The van der Waals surface area contributed by atoms with Crippen molar-refractivity contribution in [1.82, 2.24) is 15.5 Å². The maximum Gasteiger partial charge on any atom is 0.325 e. The molecule has 6 nitrogen and oxygen atoms in total. The minimum absolute atomic E-state index is 0.152. The van der Waals surface area contributed by atoms with E-state index in [4.69, 9.17) is 0 Å². The van der Waals surface area contributed by atoms with Crippen molar-refractivity contribution in [2.45, 2.75) is 71.4 Å². The summed E-state index contributed by atoms with van der Waals surface area (Å²) in [7, 11) is 0. The molecule has 0 bridgehead atoms. The number of carbonyl (C=O) groups is 3. The monoisotopic (exact) mass is 323 g/mol. The average molecular weight is 323 g/mol. The van der Waals surface area contributed by atoms with Crippen molar-refractivity contribution in [3.63, 3.8) is 0 Å². The van der Waals surface area contributed by atoms with Gasteiger partial charge >= 0.3 is 6.03 Å². The van der Waals surface area contributed by atoms with Crippen LogP contribution in [-0.4, -0.2) is 40.9 Å². The molecule has 4 amide bonds. The first kappa shape index (κ1) is 17.8. The van der Waals surface area contributed by atoms with Crippen molar-refractivity contribution in [2.75, 3.05) is 6.54 Å². The van der Waals surface area contributed by atoms with E-state index >= 15 is 0 Å². The lowest BCUT2D eigenvalue weighted by atomic mass is 9.86. The highest BCUT2D eigenvalue weighted by molar-refractivity contribution is 6.08. The fourth-order valence-electron chi connectivity index (χ4n) is 3.77. The molecule has 2 rings (SSSR count). The second-order valence-electron chi connectivity index (χ2n) is 7.69. The van der Waals surface area contributed by atoms with Crippen molar-refractivity contribution in [3.8, 4) is 0 Å². The van der Waals surface area contributed by atoms with E-state index in [1.54, 1.807) is 6.92 Å². The summed E-state index contributed by atoms with van der Waals surface area (Å²) < 4.78 is 0. The minimum Gasteiger partial charge on any atom is -0.352 e. The number of urea groups is 1. The summed E-state index contributed by atoms with van der Waals surface area (Å²) in [6, 6.07) is -0.316. The SMILES string of the molecule is CC(C)CC1(C)NC(=O)N(CC(=O)NC2CCCCC2C)C1=O. The molecule has 2 N–H and O–H groups in total. The van der Waals surface area contributed by atoms with Crippen LogP contribution in [0.15, 0.2) is 0 Å². The van der Waals surface area contributed by atoms with Gasteiger partial charge in [-0.05, 0) is 38.0 Å². The maximum absolute atomic E-state index is 12.5. The second-order valence-corrected chi connectivity index (χ2v) is 7.69. The smallest absolute Gasteiger partial charge is 0.325 e. The molecular weight excluding hydrogens is 294 g/mol. The van der Waals surface area contributed by atoms with Crippen molar-refractivity contribution in [2.24, 2.45) is 11.8 Å². The molecule has 23 heavy (non-hydrogen) atoms. The molecule has 1 aliphatic carbocycles. The van der Waals surface area contributed by atoms with E-state index in [0.29, 0.717) is 12.3 Å². The summed E-state index contributed by atoms with van der Waals surface area (Å²) >= 11 is 0. The molecule has 1 saturated heterocycles. The molecule has 3 unspecified atom stereocenters. The predicted octanol–water partition coefficient (Wildman–Crippen LogP) is 2.04. The van der Waals surface area contributed by atoms with Gasteiger partial charge in [0.05, 0.1) is 0 Å². The van der Waals surface area contributed by atoms with Crippen LogP contribution in [0.5, 0.6) is 0 Å². The van der Waals surface area contributed by atoms with Gasteiger partial charge in [-0.15, -0.1) is 0 Å². The van der Waals surface area contributed by atoms with Gasteiger partial charge in [0, 0.05) is 6.04 Å². The summed E-state index contributed by atoms with van der Waals surface area (Å²) in [4.78, 5) is 37.9. The molecule has 2 fully saturated rings. The van der Waals surface area contributed by atoms with Gasteiger partial charge in [-0.1, -0.05) is 33.6 Å². The fraction of sp³-hybridized carbons (Fsp3) is 0.824. The van der Waals surface area contributed by atoms with Gasteiger partial charge in [-0.3, -0.25) is 14.5 Å². The zero-order valence-electron chi connectivity index (χ0n) is 14.6. The molecular formula is C17H29N3O3. The molecule has 1 heterocycles. The molecule has 3 atom stereocenters. The number of carbonyl (C=O) groups excluding carboxylic acids is 3. The van der Waals surface area contributed by atoms with Gasteiger partial charge in [-0.2, -0.15) is 0 Å². The number of hydrogen-bond acceptors (Lipinski definition) is 3. The van der Waals surface area contributed by atoms with Crippen LogP contribution in [-0.2, 0) is 9.59 Å². The summed E-state index contributed by atoms with van der Waals surface area (Å²) in [5.41, 5.74) is -0.899. The third-order valence-corrected chi connectivity index (χ3v) is 4.92. The van der Waals surface area contributed by atoms with E-state index in [2.05, 4.69) is 17.6 Å². The van der Waals surface area contributed by atoms with E-state index in [1.807, 2.05) is 13.8 Å². The van der Waals surface area contributed by atoms with Crippen molar-refractivity contribution in [3.05, 3.63) is 0 Å². The van der Waals surface area contributed by atoms with E-state index in [9.17, 15) is 14.4 Å². The Bertz CT molecular complexity index is 491. The Hall–Kier alpha value is -1.59. The van der Waals surface area contributed by atoms with Crippen LogP contribution in [0.25, 0.3) is 0 Å². The highest BCUT2D eigenvalue weighted by Gasteiger charge is 2.48. The van der Waals surface area contributed by atoms with Crippen LogP contribution in [0, 0.1) is 11.8 Å². The molecule has 0 aromatic rings. The van der Waals surface area contributed by atoms with Gasteiger partial charge in [0.25, 0.3) is 5.91 Å². The number of rotatable bonds is 5. The van der Waals surface area contributed by atoms with Gasteiger partial charge in [0.2, 0.25) is 5.91 Å². The van der Waals surface area contributed by atoms with Crippen LogP contribution < -0.4 is 10.6 Å². The second kappa shape index (κ2) is 6.89. The molecule has 0 radical (unpaired) electrons. The average Bonchev–Trinajstić information content (AvgIpc) is 2.64. The summed E-state index contributed by atoms with van der Waals surface area (Å²) in [6.45, 7) is 7.68. The van der Waals surface area contributed by atoms with Gasteiger partial charge in [-0.25, -0.2) is 4.79 Å². The number of amides is 4. The van der Waals surface area contributed by atoms with Crippen LogP contribution in [0.4, 0.5) is 4.79 Å². The number of nitrogens with one attached hydrogen (secondary N) is 2. The topological polar surface area (TPSA) is 78.5 Å². The number of imide groups is 1. The Morgan fingerprint density at radius 2 is 2.00 bits per heavy atom. The first-order valence-corrected chi connectivity index (χ1v) is 8.66. The summed E-state index contributed by atoms with van der Waals surface area (Å²) in [6.07, 6.45) is 4.97. The Morgan fingerprint density at radius 3 is 2.61 bits per heavy atom. The molecule has 0 aromatic carbocycles. The third-order valence-electron chi connectivity index (χ3n) is 4.92.